The number of rotatable bonds is 2. The number of aliphatic hydroxyl groups excluding tert-OH is 1. The minimum atomic E-state index is -0.0258. The van der Waals surface area contributed by atoms with Crippen molar-refractivity contribution in [2.75, 3.05) is 24.8 Å². The minimum Gasteiger partial charge on any atom is -0.394 e. The smallest absolute Gasteiger partial charge is 0.240 e. The number of hydrogen-bond donors (Lipinski definition) is 2. The topological polar surface area (TPSA) is 52.6 Å². The Labute approximate surface area is 94.4 Å². The van der Waals surface area contributed by atoms with Crippen molar-refractivity contribution in [1.82, 2.24) is 10.2 Å². The normalized spacial score (nSPS) is 31.9. The van der Waals surface area contributed by atoms with E-state index < -0.39 is 0 Å². The molecule has 2 N–H and O–H groups in total. The maximum Gasteiger partial charge on any atom is 0.240 e. The van der Waals surface area contributed by atoms with E-state index in [1.165, 1.54) is 0 Å². The van der Waals surface area contributed by atoms with E-state index in [9.17, 15) is 9.90 Å². The average Bonchev–Trinajstić information content (AvgIpc) is 2.81. The van der Waals surface area contributed by atoms with Gasteiger partial charge in [0.1, 0.15) is 0 Å². The van der Waals surface area contributed by atoms with Crippen LogP contribution in [0.1, 0.15) is 19.3 Å². The Balaban J connectivity index is 1.96. The largest absolute Gasteiger partial charge is 0.394 e. The number of likely N-dealkylation sites (tertiary alicyclic amines) is 1. The lowest BCUT2D eigenvalue weighted by Gasteiger charge is -2.36. The lowest BCUT2D eigenvalue weighted by Crippen LogP contribution is -2.52. The van der Waals surface area contributed by atoms with Gasteiger partial charge in [-0.2, -0.15) is 0 Å². The highest BCUT2D eigenvalue weighted by Gasteiger charge is 2.32. The predicted octanol–water partition coefficient (Wildman–Crippen LogP) is 0.0223. The van der Waals surface area contributed by atoms with Gasteiger partial charge in [-0.05, 0) is 19.3 Å². The highest BCUT2D eigenvalue weighted by atomic mass is 32.2. The van der Waals surface area contributed by atoms with E-state index in [1.54, 1.807) is 11.8 Å². The van der Waals surface area contributed by atoms with Crippen LogP contribution in [0.2, 0.25) is 0 Å². The second kappa shape index (κ2) is 5.18. The van der Waals surface area contributed by atoms with Gasteiger partial charge in [0, 0.05) is 18.2 Å². The molecule has 2 rings (SSSR count). The summed E-state index contributed by atoms with van der Waals surface area (Å²) >= 11 is 1.76. The molecule has 2 aliphatic heterocycles. The second-order valence-electron chi connectivity index (χ2n) is 4.14. The third kappa shape index (κ3) is 2.46. The Morgan fingerprint density at radius 2 is 2.40 bits per heavy atom. The fourth-order valence-corrected chi connectivity index (χ4v) is 3.17. The van der Waals surface area contributed by atoms with Crippen LogP contribution >= 0.6 is 11.8 Å². The quantitative estimate of drug-likeness (QED) is 0.702. The highest BCUT2D eigenvalue weighted by Crippen LogP contribution is 2.20. The molecule has 0 aromatic rings. The number of nitrogens with zero attached hydrogens (tertiary/aromatic N) is 1. The van der Waals surface area contributed by atoms with Gasteiger partial charge in [-0.15, -0.1) is 11.8 Å². The van der Waals surface area contributed by atoms with Crippen molar-refractivity contribution in [3.63, 3.8) is 0 Å². The fraction of sp³-hybridized carbons (Fsp3) is 0.900. The Morgan fingerprint density at radius 3 is 3.07 bits per heavy atom. The monoisotopic (exact) mass is 230 g/mol. The molecule has 2 aliphatic rings. The summed E-state index contributed by atoms with van der Waals surface area (Å²) in [5.41, 5.74) is 0. The van der Waals surface area contributed by atoms with E-state index >= 15 is 0 Å². The molecule has 0 bridgehead atoms. The average molecular weight is 230 g/mol. The molecular formula is C10H18N2O2S. The number of carbonyl (C=O) groups excluding carboxylic acids is 1. The van der Waals surface area contributed by atoms with E-state index in [0.717, 1.165) is 37.4 Å². The Kier molecular flexibility index (Phi) is 3.88. The van der Waals surface area contributed by atoms with Crippen molar-refractivity contribution >= 4 is 17.7 Å². The molecule has 5 heteroatoms. The number of thioether (sulfide) groups is 1. The number of piperidine rings is 1. The van der Waals surface area contributed by atoms with Crippen LogP contribution in [-0.2, 0) is 4.79 Å². The van der Waals surface area contributed by atoms with Crippen LogP contribution in [0.15, 0.2) is 0 Å². The summed E-state index contributed by atoms with van der Waals surface area (Å²) in [5.74, 6) is 1.92. The summed E-state index contributed by atoms with van der Waals surface area (Å²) in [6.45, 7) is 0.915. The number of amides is 1. The Morgan fingerprint density at radius 1 is 1.53 bits per heavy atom. The third-order valence-electron chi connectivity index (χ3n) is 3.14. The molecule has 0 aliphatic carbocycles. The molecule has 2 saturated heterocycles. The summed E-state index contributed by atoms with van der Waals surface area (Å²) in [4.78, 5) is 14.0. The van der Waals surface area contributed by atoms with Crippen molar-refractivity contribution in [1.29, 1.82) is 0 Å². The SMILES string of the molecule is O=C(C1CSCN1)N1CCCCC1CO. The number of aliphatic hydroxyl groups is 1. The summed E-state index contributed by atoms with van der Waals surface area (Å²) in [6, 6.07) is 0.0285. The van der Waals surface area contributed by atoms with Gasteiger partial charge in [0.05, 0.1) is 18.7 Å². The molecule has 2 unspecified atom stereocenters. The van der Waals surface area contributed by atoms with Gasteiger partial charge in [0.15, 0.2) is 0 Å². The van der Waals surface area contributed by atoms with Gasteiger partial charge < -0.3 is 10.0 Å². The van der Waals surface area contributed by atoms with E-state index in [0.29, 0.717) is 0 Å². The first-order valence-electron chi connectivity index (χ1n) is 5.55. The van der Waals surface area contributed by atoms with E-state index in [1.807, 2.05) is 4.90 Å². The van der Waals surface area contributed by atoms with Crippen molar-refractivity contribution in [2.24, 2.45) is 0 Å². The fourth-order valence-electron chi connectivity index (χ4n) is 2.23. The molecule has 15 heavy (non-hydrogen) atoms. The standard InChI is InChI=1S/C10H18N2O2S/c13-5-8-3-1-2-4-12(8)10(14)9-6-15-7-11-9/h8-9,11,13H,1-7H2. The van der Waals surface area contributed by atoms with Crippen molar-refractivity contribution in [3.8, 4) is 0 Å². The molecule has 0 radical (unpaired) electrons. The minimum absolute atomic E-state index is 0.0258. The predicted molar refractivity (Wildman–Crippen MR) is 60.7 cm³/mol. The molecule has 2 atom stereocenters. The van der Waals surface area contributed by atoms with Crippen molar-refractivity contribution in [2.45, 2.75) is 31.3 Å². The summed E-state index contributed by atoms with van der Waals surface area (Å²) in [5, 5.41) is 12.4. The number of carbonyl (C=O) groups is 1. The number of hydrogen-bond acceptors (Lipinski definition) is 4. The maximum atomic E-state index is 12.1. The molecule has 2 heterocycles. The van der Waals surface area contributed by atoms with Gasteiger partial charge >= 0.3 is 0 Å². The van der Waals surface area contributed by atoms with E-state index in [-0.39, 0.29) is 24.6 Å². The van der Waals surface area contributed by atoms with E-state index in [2.05, 4.69) is 5.32 Å². The summed E-state index contributed by atoms with van der Waals surface area (Å²) in [6.07, 6.45) is 3.14. The molecule has 0 aromatic heterocycles. The van der Waals surface area contributed by atoms with Crippen LogP contribution in [0.5, 0.6) is 0 Å². The van der Waals surface area contributed by atoms with Crippen LogP contribution in [0.4, 0.5) is 0 Å². The van der Waals surface area contributed by atoms with Crippen LogP contribution in [-0.4, -0.2) is 52.8 Å². The molecule has 4 nitrogen and oxygen atoms in total. The van der Waals surface area contributed by atoms with Gasteiger partial charge in [-0.3, -0.25) is 10.1 Å². The van der Waals surface area contributed by atoms with Crippen molar-refractivity contribution in [3.05, 3.63) is 0 Å². The van der Waals surface area contributed by atoms with Crippen molar-refractivity contribution < 1.29 is 9.90 Å². The second-order valence-corrected chi connectivity index (χ2v) is 5.17. The summed E-state index contributed by atoms with van der Waals surface area (Å²) in [7, 11) is 0. The van der Waals surface area contributed by atoms with Gasteiger partial charge in [0.25, 0.3) is 0 Å². The first-order chi connectivity index (χ1) is 7.33. The van der Waals surface area contributed by atoms with Gasteiger partial charge in [0.2, 0.25) is 5.91 Å². The Hall–Kier alpha value is -0.260. The molecule has 86 valence electrons. The van der Waals surface area contributed by atoms with Gasteiger partial charge in [-0.25, -0.2) is 0 Å². The van der Waals surface area contributed by atoms with Crippen LogP contribution in [0, 0.1) is 0 Å². The molecule has 0 aromatic carbocycles. The zero-order chi connectivity index (χ0) is 10.7. The molecule has 0 saturated carbocycles. The zero-order valence-corrected chi connectivity index (χ0v) is 9.63. The lowest BCUT2D eigenvalue weighted by molar-refractivity contribution is -0.137. The number of nitrogens with one attached hydrogen (secondary N) is 1. The maximum absolute atomic E-state index is 12.1. The zero-order valence-electron chi connectivity index (χ0n) is 8.82. The molecule has 1 amide bonds. The van der Waals surface area contributed by atoms with Crippen LogP contribution in [0.25, 0.3) is 0 Å². The molecule has 0 spiro atoms. The van der Waals surface area contributed by atoms with Gasteiger partial charge in [-0.1, -0.05) is 0 Å². The Bertz CT molecular complexity index is 231. The van der Waals surface area contributed by atoms with E-state index in [4.69, 9.17) is 0 Å². The lowest BCUT2D eigenvalue weighted by atomic mass is 10.0. The highest BCUT2D eigenvalue weighted by molar-refractivity contribution is 7.99. The molecular weight excluding hydrogens is 212 g/mol. The third-order valence-corrected chi connectivity index (χ3v) is 4.08. The van der Waals surface area contributed by atoms with Crippen LogP contribution in [0.3, 0.4) is 0 Å². The first-order valence-corrected chi connectivity index (χ1v) is 6.71. The van der Waals surface area contributed by atoms with Crippen LogP contribution < -0.4 is 5.32 Å². The summed E-state index contributed by atoms with van der Waals surface area (Å²) < 4.78 is 0. The molecule has 2 fully saturated rings. The first kappa shape index (κ1) is 11.2.